The van der Waals surface area contributed by atoms with E-state index in [2.05, 4.69) is 15.0 Å². The van der Waals surface area contributed by atoms with Gasteiger partial charge in [-0.15, -0.1) is 0 Å². The Bertz CT molecular complexity index is 1290. The van der Waals surface area contributed by atoms with Crippen LogP contribution in [0.25, 0.3) is 28.2 Å². The molecule has 0 bridgehead atoms. The molecule has 0 aliphatic heterocycles. The van der Waals surface area contributed by atoms with Gasteiger partial charge in [-0.2, -0.15) is 0 Å². The maximum absolute atomic E-state index is 13.3. The van der Waals surface area contributed by atoms with Crippen molar-refractivity contribution >= 4 is 17.1 Å². The van der Waals surface area contributed by atoms with Crippen LogP contribution in [0.1, 0.15) is 24.3 Å². The number of rotatable bonds is 5. The zero-order valence-corrected chi connectivity index (χ0v) is 16.2. The molecular weight excluding hydrogens is 389 g/mol. The summed E-state index contributed by atoms with van der Waals surface area (Å²) >= 11 is 0. The Morgan fingerprint density at radius 1 is 1.10 bits per heavy atom. The number of benzene rings is 2. The summed E-state index contributed by atoms with van der Waals surface area (Å²) < 4.78 is 20.2. The molecule has 2 aromatic carbocycles. The molecule has 30 heavy (non-hydrogen) atoms. The number of H-pyrrole nitrogens is 1. The number of primary amides is 1. The van der Waals surface area contributed by atoms with Gasteiger partial charge >= 0.3 is 5.69 Å². The SMILES string of the molecule is CC(C)Oc1ccc(-c2nc(C(N)=O)c3[nH]c(=O)n(-c4ccc(F)cc4)c3n2)cc1. The van der Waals surface area contributed by atoms with Gasteiger partial charge < -0.3 is 15.5 Å². The summed E-state index contributed by atoms with van der Waals surface area (Å²) in [5.74, 6) is -0.364. The van der Waals surface area contributed by atoms with Gasteiger partial charge in [0, 0.05) is 5.56 Å². The summed E-state index contributed by atoms with van der Waals surface area (Å²) in [7, 11) is 0. The lowest BCUT2D eigenvalue weighted by molar-refractivity contribution is 0.0997. The molecule has 0 fully saturated rings. The van der Waals surface area contributed by atoms with Gasteiger partial charge in [0.15, 0.2) is 17.2 Å². The molecule has 0 spiro atoms. The number of halogens is 1. The predicted octanol–water partition coefficient (Wildman–Crippen LogP) is 2.80. The molecule has 0 unspecified atom stereocenters. The average Bonchev–Trinajstić information content (AvgIpc) is 3.03. The van der Waals surface area contributed by atoms with Crippen LogP contribution in [-0.4, -0.2) is 31.5 Å². The number of nitrogens with one attached hydrogen (secondary N) is 1. The minimum atomic E-state index is -0.809. The van der Waals surface area contributed by atoms with Crippen LogP contribution in [0.2, 0.25) is 0 Å². The molecule has 0 atom stereocenters. The standard InChI is InChI=1S/C21H18FN5O3/c1-11(2)30-15-9-3-12(4-10-15)19-24-16(18(23)28)17-20(26-19)27(21(29)25-17)14-7-5-13(22)6-8-14/h3-11H,1-2H3,(H2,23,28)(H,25,29). The second-order valence-electron chi connectivity index (χ2n) is 6.89. The summed E-state index contributed by atoms with van der Waals surface area (Å²) in [5, 5.41) is 0. The highest BCUT2D eigenvalue weighted by molar-refractivity contribution is 6.02. The van der Waals surface area contributed by atoms with Gasteiger partial charge in [-0.1, -0.05) is 0 Å². The number of nitrogens with zero attached hydrogens (tertiary/aromatic N) is 3. The maximum atomic E-state index is 13.3. The van der Waals surface area contributed by atoms with Crippen LogP contribution in [0.15, 0.2) is 53.3 Å². The minimum absolute atomic E-state index is 0.0231. The highest BCUT2D eigenvalue weighted by Crippen LogP contribution is 2.24. The molecule has 0 radical (unpaired) electrons. The molecule has 9 heteroatoms. The Hall–Kier alpha value is -4.01. The fourth-order valence-electron chi connectivity index (χ4n) is 3.08. The van der Waals surface area contributed by atoms with Gasteiger partial charge in [0.2, 0.25) is 0 Å². The van der Waals surface area contributed by atoms with E-state index in [4.69, 9.17) is 10.5 Å². The van der Waals surface area contributed by atoms with Crippen molar-refractivity contribution in [3.63, 3.8) is 0 Å². The number of carbonyl (C=O) groups excluding carboxylic acids is 1. The van der Waals surface area contributed by atoms with Gasteiger partial charge in [-0.05, 0) is 62.4 Å². The van der Waals surface area contributed by atoms with Crippen molar-refractivity contribution in [2.45, 2.75) is 20.0 Å². The van der Waals surface area contributed by atoms with Gasteiger partial charge in [0.05, 0.1) is 11.8 Å². The third kappa shape index (κ3) is 3.52. The highest BCUT2D eigenvalue weighted by Gasteiger charge is 2.20. The van der Waals surface area contributed by atoms with E-state index in [0.717, 1.165) is 0 Å². The van der Waals surface area contributed by atoms with Crippen LogP contribution >= 0.6 is 0 Å². The minimum Gasteiger partial charge on any atom is -0.491 e. The Morgan fingerprint density at radius 3 is 2.37 bits per heavy atom. The van der Waals surface area contributed by atoms with Crippen LogP contribution in [0, 0.1) is 5.82 Å². The fraction of sp³-hybridized carbons (Fsp3) is 0.143. The van der Waals surface area contributed by atoms with Gasteiger partial charge in [-0.3, -0.25) is 4.79 Å². The Kier molecular flexibility index (Phi) is 4.78. The molecule has 152 valence electrons. The summed E-state index contributed by atoms with van der Waals surface area (Å²) in [4.78, 5) is 35.9. The van der Waals surface area contributed by atoms with Crippen molar-refractivity contribution < 1.29 is 13.9 Å². The van der Waals surface area contributed by atoms with Gasteiger partial charge in [0.1, 0.15) is 17.1 Å². The lowest BCUT2D eigenvalue weighted by Crippen LogP contribution is -2.15. The first kappa shape index (κ1) is 19.3. The van der Waals surface area contributed by atoms with E-state index in [9.17, 15) is 14.0 Å². The van der Waals surface area contributed by atoms with E-state index < -0.39 is 17.4 Å². The summed E-state index contributed by atoms with van der Waals surface area (Å²) in [5.41, 5.74) is 6.09. The molecule has 2 heterocycles. The second kappa shape index (κ2) is 7.43. The zero-order chi connectivity index (χ0) is 21.4. The van der Waals surface area contributed by atoms with Gasteiger partial charge in [0.25, 0.3) is 5.91 Å². The zero-order valence-electron chi connectivity index (χ0n) is 16.2. The van der Waals surface area contributed by atoms with Crippen molar-refractivity contribution in [3.05, 3.63) is 70.5 Å². The molecule has 0 aliphatic rings. The number of imidazole rings is 1. The van der Waals surface area contributed by atoms with E-state index in [1.807, 2.05) is 13.8 Å². The Morgan fingerprint density at radius 2 is 1.77 bits per heavy atom. The van der Waals surface area contributed by atoms with Crippen LogP contribution in [0.4, 0.5) is 4.39 Å². The number of fused-ring (bicyclic) bond motifs is 1. The van der Waals surface area contributed by atoms with Crippen LogP contribution in [0.5, 0.6) is 5.75 Å². The smallest absolute Gasteiger partial charge is 0.332 e. The first-order valence-corrected chi connectivity index (χ1v) is 9.19. The van der Waals surface area contributed by atoms with E-state index in [1.165, 1.54) is 28.8 Å². The van der Waals surface area contributed by atoms with Crippen LogP contribution in [0.3, 0.4) is 0 Å². The quantitative estimate of drug-likeness (QED) is 0.528. The van der Waals surface area contributed by atoms with Crippen molar-refractivity contribution in [2.24, 2.45) is 5.73 Å². The maximum Gasteiger partial charge on any atom is 0.332 e. The molecule has 8 nitrogen and oxygen atoms in total. The van der Waals surface area contributed by atoms with Crippen molar-refractivity contribution in [3.8, 4) is 22.8 Å². The van der Waals surface area contributed by atoms with E-state index in [1.54, 1.807) is 24.3 Å². The fourth-order valence-corrected chi connectivity index (χ4v) is 3.08. The number of aromatic amines is 1. The molecule has 4 aromatic rings. The van der Waals surface area contributed by atoms with Crippen molar-refractivity contribution in [1.29, 1.82) is 0 Å². The molecule has 2 aromatic heterocycles. The van der Waals surface area contributed by atoms with E-state index in [0.29, 0.717) is 17.0 Å². The van der Waals surface area contributed by atoms with E-state index >= 15 is 0 Å². The largest absolute Gasteiger partial charge is 0.491 e. The number of amides is 1. The van der Waals surface area contributed by atoms with Crippen molar-refractivity contribution in [2.75, 3.05) is 0 Å². The number of aromatic nitrogens is 4. The Labute approximate surface area is 170 Å². The van der Waals surface area contributed by atoms with Crippen LogP contribution < -0.4 is 16.2 Å². The highest BCUT2D eigenvalue weighted by atomic mass is 19.1. The third-order valence-electron chi connectivity index (χ3n) is 4.34. The number of hydrogen-bond donors (Lipinski definition) is 2. The number of hydrogen-bond acceptors (Lipinski definition) is 5. The summed E-state index contributed by atoms with van der Waals surface area (Å²) in [6.07, 6.45) is 0.0231. The average molecular weight is 407 g/mol. The second-order valence-corrected chi connectivity index (χ2v) is 6.89. The molecule has 0 aliphatic carbocycles. The first-order chi connectivity index (χ1) is 14.3. The Balaban J connectivity index is 1.91. The predicted molar refractivity (Wildman–Crippen MR) is 109 cm³/mol. The number of ether oxygens (including phenoxy) is 1. The monoisotopic (exact) mass is 407 g/mol. The molecule has 1 amide bonds. The third-order valence-corrected chi connectivity index (χ3v) is 4.34. The molecular formula is C21H18FN5O3. The van der Waals surface area contributed by atoms with Gasteiger partial charge in [-0.25, -0.2) is 23.7 Å². The van der Waals surface area contributed by atoms with E-state index in [-0.39, 0.29) is 28.8 Å². The van der Waals surface area contributed by atoms with Crippen molar-refractivity contribution in [1.82, 2.24) is 19.5 Å². The molecule has 0 saturated heterocycles. The number of nitrogens with two attached hydrogens (primary N) is 1. The summed E-state index contributed by atoms with van der Waals surface area (Å²) in [6.45, 7) is 3.84. The van der Waals surface area contributed by atoms with Crippen LogP contribution in [-0.2, 0) is 0 Å². The molecule has 3 N–H and O–H groups in total. The first-order valence-electron chi connectivity index (χ1n) is 9.19. The molecule has 0 saturated carbocycles. The lowest BCUT2D eigenvalue weighted by Gasteiger charge is -2.10. The topological polar surface area (TPSA) is 116 Å². The number of carbonyl (C=O) groups is 1. The normalized spacial score (nSPS) is 11.2. The molecule has 4 rings (SSSR count). The summed E-state index contributed by atoms with van der Waals surface area (Å²) in [6, 6.07) is 12.3. The lowest BCUT2D eigenvalue weighted by atomic mass is 10.2.